The Morgan fingerprint density at radius 1 is 1.03 bits per heavy atom. The maximum absolute atomic E-state index is 13.5. The Kier molecular flexibility index (Phi) is 4.70. The number of aromatic nitrogens is 7. The third-order valence-electron chi connectivity index (χ3n) is 6.07. The molecule has 10 nitrogen and oxygen atoms in total. The maximum Gasteiger partial charge on any atom is 0.318 e. The van der Waals surface area contributed by atoms with Gasteiger partial charge in [-0.1, -0.05) is 5.10 Å². The fraction of sp³-hybridized carbons (Fsp3) is 0.333. The van der Waals surface area contributed by atoms with Gasteiger partial charge in [-0.2, -0.15) is 5.10 Å². The van der Waals surface area contributed by atoms with Crippen LogP contribution in [0.1, 0.15) is 23.6 Å². The van der Waals surface area contributed by atoms with Gasteiger partial charge in [-0.15, -0.1) is 5.10 Å². The Balaban J connectivity index is 1.10. The zero-order valence-electron chi connectivity index (χ0n) is 17.4. The minimum atomic E-state index is -0.822. The largest absolute Gasteiger partial charge is 0.403 e. The highest BCUT2D eigenvalue weighted by Crippen LogP contribution is 2.29. The molecule has 0 spiro atoms. The first-order valence-corrected chi connectivity index (χ1v) is 10.6. The number of fused-ring (bicyclic) bond motifs is 1. The molecular weight excluding hydrogens is 432 g/mol. The quantitative estimate of drug-likeness (QED) is 0.489. The topological polar surface area (TPSA) is 111 Å². The second kappa shape index (κ2) is 7.87. The van der Waals surface area contributed by atoms with E-state index >= 15 is 0 Å². The highest BCUT2D eigenvalue weighted by Gasteiger charge is 2.28. The SMILES string of the molecule is Fc1cc2c(cc1F)CC(Nc1ncc(-c3nnc(N4CCC(n5cncn5)C4)o3)cn1)C2. The van der Waals surface area contributed by atoms with Crippen molar-refractivity contribution in [3.63, 3.8) is 0 Å². The van der Waals surface area contributed by atoms with Crippen LogP contribution in [-0.2, 0) is 12.8 Å². The molecule has 1 atom stereocenters. The molecule has 0 saturated carbocycles. The average molecular weight is 451 g/mol. The van der Waals surface area contributed by atoms with Crippen molar-refractivity contribution in [2.24, 2.45) is 0 Å². The molecule has 3 aromatic heterocycles. The summed E-state index contributed by atoms with van der Waals surface area (Å²) in [6.45, 7) is 1.49. The molecule has 33 heavy (non-hydrogen) atoms. The Labute approximate surface area is 186 Å². The zero-order valence-corrected chi connectivity index (χ0v) is 17.4. The lowest BCUT2D eigenvalue weighted by Gasteiger charge is -2.13. The van der Waals surface area contributed by atoms with Gasteiger partial charge in [0.2, 0.25) is 5.95 Å². The number of hydrogen-bond donors (Lipinski definition) is 1. The van der Waals surface area contributed by atoms with Crippen LogP contribution in [-0.4, -0.2) is 54.1 Å². The van der Waals surface area contributed by atoms with E-state index in [4.69, 9.17) is 4.42 Å². The Bertz CT molecular complexity index is 1240. The van der Waals surface area contributed by atoms with Gasteiger partial charge in [-0.3, -0.25) is 0 Å². The molecule has 1 aliphatic carbocycles. The van der Waals surface area contributed by atoms with E-state index < -0.39 is 11.6 Å². The first-order chi connectivity index (χ1) is 16.1. The van der Waals surface area contributed by atoms with Crippen LogP contribution in [0.4, 0.5) is 20.7 Å². The summed E-state index contributed by atoms with van der Waals surface area (Å²) in [5.41, 5.74) is 2.20. The van der Waals surface area contributed by atoms with Crippen LogP contribution in [0.3, 0.4) is 0 Å². The molecule has 0 radical (unpaired) electrons. The minimum absolute atomic E-state index is 0.0323. The van der Waals surface area contributed by atoms with E-state index in [1.165, 1.54) is 18.5 Å². The summed E-state index contributed by atoms with van der Waals surface area (Å²) in [6.07, 6.45) is 8.52. The van der Waals surface area contributed by atoms with Crippen LogP contribution in [0.25, 0.3) is 11.5 Å². The lowest BCUT2D eigenvalue weighted by molar-refractivity contribution is 0.488. The molecule has 1 aliphatic heterocycles. The molecule has 168 valence electrons. The molecule has 0 amide bonds. The molecule has 1 N–H and O–H groups in total. The highest BCUT2D eigenvalue weighted by atomic mass is 19.2. The molecule has 0 bridgehead atoms. The second-order valence-corrected chi connectivity index (χ2v) is 8.23. The molecule has 1 unspecified atom stereocenters. The van der Waals surface area contributed by atoms with E-state index in [9.17, 15) is 8.78 Å². The Morgan fingerprint density at radius 2 is 1.79 bits per heavy atom. The van der Waals surface area contributed by atoms with E-state index in [1.807, 2.05) is 9.58 Å². The summed E-state index contributed by atoms with van der Waals surface area (Å²) in [5, 5.41) is 15.7. The van der Waals surface area contributed by atoms with Gasteiger partial charge in [0.1, 0.15) is 12.7 Å². The van der Waals surface area contributed by atoms with Crippen molar-refractivity contribution < 1.29 is 13.2 Å². The molecule has 4 heterocycles. The molecule has 12 heteroatoms. The third-order valence-corrected chi connectivity index (χ3v) is 6.07. The van der Waals surface area contributed by atoms with Crippen LogP contribution in [0.2, 0.25) is 0 Å². The summed E-state index contributed by atoms with van der Waals surface area (Å²) in [6, 6.07) is 3.15. The van der Waals surface area contributed by atoms with Crippen molar-refractivity contribution in [1.82, 2.24) is 34.9 Å². The minimum Gasteiger partial charge on any atom is -0.403 e. The van der Waals surface area contributed by atoms with Crippen LogP contribution in [0, 0.1) is 11.6 Å². The van der Waals surface area contributed by atoms with Gasteiger partial charge in [-0.25, -0.2) is 28.4 Å². The standard InChI is InChI=1S/C21H19F2N9O/c22-17-5-12-3-15(4-13(12)6-18(17)23)28-20-25-7-14(8-26-20)19-29-30-21(33-19)31-2-1-16(9-31)32-11-24-10-27-32/h5-8,10-11,15-16H,1-4,9H2,(H,25,26,28). The number of halogens is 2. The predicted octanol–water partition coefficient (Wildman–Crippen LogP) is 2.43. The number of benzene rings is 1. The Hall–Kier alpha value is -3.96. The van der Waals surface area contributed by atoms with Gasteiger partial charge in [0, 0.05) is 31.5 Å². The van der Waals surface area contributed by atoms with E-state index in [0.29, 0.717) is 42.8 Å². The lowest BCUT2D eigenvalue weighted by Crippen LogP contribution is -2.21. The smallest absolute Gasteiger partial charge is 0.318 e. The van der Waals surface area contributed by atoms with Gasteiger partial charge in [-0.05, 0) is 42.5 Å². The van der Waals surface area contributed by atoms with E-state index in [2.05, 4.69) is 35.6 Å². The fourth-order valence-electron chi connectivity index (χ4n) is 4.41. The Morgan fingerprint density at radius 3 is 2.48 bits per heavy atom. The lowest BCUT2D eigenvalue weighted by atomic mass is 10.1. The second-order valence-electron chi connectivity index (χ2n) is 8.23. The van der Waals surface area contributed by atoms with Crippen LogP contribution >= 0.6 is 0 Å². The summed E-state index contributed by atoms with van der Waals surface area (Å²) in [7, 11) is 0. The van der Waals surface area contributed by atoms with Gasteiger partial charge in [0.25, 0.3) is 5.89 Å². The zero-order chi connectivity index (χ0) is 22.4. The predicted molar refractivity (Wildman–Crippen MR) is 112 cm³/mol. The van der Waals surface area contributed by atoms with Crippen molar-refractivity contribution >= 4 is 12.0 Å². The van der Waals surface area contributed by atoms with Crippen molar-refractivity contribution in [2.75, 3.05) is 23.3 Å². The molecular formula is C21H19F2N9O. The molecule has 1 saturated heterocycles. The molecule has 6 rings (SSSR count). The summed E-state index contributed by atoms with van der Waals surface area (Å²) < 4.78 is 34.6. The monoisotopic (exact) mass is 451 g/mol. The number of rotatable bonds is 5. The number of hydrogen-bond acceptors (Lipinski definition) is 9. The van der Waals surface area contributed by atoms with Gasteiger partial charge in [0.15, 0.2) is 11.6 Å². The summed E-state index contributed by atoms with van der Waals surface area (Å²) >= 11 is 0. The van der Waals surface area contributed by atoms with Crippen molar-refractivity contribution in [3.8, 4) is 11.5 Å². The molecule has 4 aromatic rings. The molecule has 1 aromatic carbocycles. The van der Waals surface area contributed by atoms with Crippen LogP contribution in [0.15, 0.2) is 41.6 Å². The first-order valence-electron chi connectivity index (χ1n) is 10.6. The van der Waals surface area contributed by atoms with Crippen LogP contribution < -0.4 is 10.2 Å². The number of nitrogens with zero attached hydrogens (tertiary/aromatic N) is 8. The van der Waals surface area contributed by atoms with Gasteiger partial charge in [0.05, 0.1) is 11.6 Å². The number of nitrogens with one attached hydrogen (secondary N) is 1. The summed E-state index contributed by atoms with van der Waals surface area (Å²) in [4.78, 5) is 14.7. The average Bonchev–Trinajstić information content (AvgIpc) is 3.60. The molecule has 2 aliphatic rings. The normalized spacial score (nSPS) is 18.1. The maximum atomic E-state index is 13.5. The fourth-order valence-corrected chi connectivity index (χ4v) is 4.41. The third kappa shape index (κ3) is 3.77. The van der Waals surface area contributed by atoms with E-state index in [-0.39, 0.29) is 12.1 Å². The van der Waals surface area contributed by atoms with Crippen molar-refractivity contribution in [2.45, 2.75) is 31.3 Å². The van der Waals surface area contributed by atoms with E-state index in [1.54, 1.807) is 18.7 Å². The van der Waals surface area contributed by atoms with Crippen molar-refractivity contribution in [3.05, 3.63) is 59.9 Å². The van der Waals surface area contributed by atoms with Gasteiger partial charge < -0.3 is 14.6 Å². The first kappa shape index (κ1) is 19.7. The van der Waals surface area contributed by atoms with E-state index in [0.717, 1.165) is 24.1 Å². The summed E-state index contributed by atoms with van der Waals surface area (Å²) in [5.74, 6) is -0.888. The highest BCUT2D eigenvalue weighted by molar-refractivity contribution is 5.52. The van der Waals surface area contributed by atoms with Gasteiger partial charge >= 0.3 is 6.01 Å². The van der Waals surface area contributed by atoms with Crippen molar-refractivity contribution in [1.29, 1.82) is 0 Å². The van der Waals surface area contributed by atoms with Crippen LogP contribution in [0.5, 0.6) is 0 Å². The number of anilines is 2. The molecule has 1 fully saturated rings.